The van der Waals surface area contributed by atoms with E-state index >= 15 is 0 Å². The Morgan fingerprint density at radius 3 is 2.40 bits per heavy atom. The van der Waals surface area contributed by atoms with E-state index in [2.05, 4.69) is 42.8 Å². The maximum absolute atomic E-state index is 6.56. The third kappa shape index (κ3) is 2.74. The molecule has 1 aliphatic heterocycles. The van der Waals surface area contributed by atoms with Crippen molar-refractivity contribution in [3.8, 4) is 5.75 Å². The standard InChI is InChI=1S/C16H24BrNO2/c1-8-6-14(19-5)12(7-13(8)17)16(18)15-9(2)10(3)20-11(15)4/h6-7,9-11,15-16H,18H2,1-5H3. The van der Waals surface area contributed by atoms with Crippen molar-refractivity contribution in [2.75, 3.05) is 7.11 Å². The Hall–Kier alpha value is -0.580. The minimum Gasteiger partial charge on any atom is -0.496 e. The van der Waals surface area contributed by atoms with Gasteiger partial charge in [-0.25, -0.2) is 0 Å². The molecular formula is C16H24BrNO2. The van der Waals surface area contributed by atoms with Gasteiger partial charge in [-0.05, 0) is 44.4 Å². The highest BCUT2D eigenvalue weighted by molar-refractivity contribution is 9.10. The molecule has 112 valence electrons. The highest BCUT2D eigenvalue weighted by Crippen LogP contribution is 2.42. The molecule has 4 heteroatoms. The van der Waals surface area contributed by atoms with Crippen molar-refractivity contribution in [2.45, 2.75) is 45.9 Å². The lowest BCUT2D eigenvalue weighted by Crippen LogP contribution is -2.31. The minimum absolute atomic E-state index is 0.0863. The van der Waals surface area contributed by atoms with Crippen LogP contribution in [0.5, 0.6) is 5.75 Å². The fourth-order valence-corrected chi connectivity index (χ4v) is 3.59. The summed E-state index contributed by atoms with van der Waals surface area (Å²) >= 11 is 3.59. The molecular weight excluding hydrogens is 318 g/mol. The second-order valence-electron chi connectivity index (χ2n) is 5.85. The molecule has 1 saturated heterocycles. The topological polar surface area (TPSA) is 44.5 Å². The van der Waals surface area contributed by atoms with Gasteiger partial charge in [0, 0.05) is 22.0 Å². The molecule has 3 nitrogen and oxygen atoms in total. The monoisotopic (exact) mass is 341 g/mol. The lowest BCUT2D eigenvalue weighted by Gasteiger charge is -2.27. The maximum Gasteiger partial charge on any atom is 0.123 e. The van der Waals surface area contributed by atoms with Crippen molar-refractivity contribution in [3.05, 3.63) is 27.7 Å². The Morgan fingerprint density at radius 1 is 1.25 bits per heavy atom. The maximum atomic E-state index is 6.56. The molecule has 5 unspecified atom stereocenters. The highest BCUT2D eigenvalue weighted by atomic mass is 79.9. The molecule has 2 rings (SSSR count). The number of aryl methyl sites for hydroxylation is 1. The summed E-state index contributed by atoms with van der Waals surface area (Å²) in [6, 6.07) is 4.03. The smallest absolute Gasteiger partial charge is 0.123 e. The molecule has 0 bridgehead atoms. The van der Waals surface area contributed by atoms with E-state index in [9.17, 15) is 0 Å². The first-order valence-electron chi connectivity index (χ1n) is 7.11. The third-order valence-corrected chi connectivity index (χ3v) is 5.46. The van der Waals surface area contributed by atoms with Gasteiger partial charge in [-0.2, -0.15) is 0 Å². The summed E-state index contributed by atoms with van der Waals surface area (Å²) in [5.74, 6) is 1.59. The van der Waals surface area contributed by atoms with Crippen LogP contribution in [0.3, 0.4) is 0 Å². The second-order valence-corrected chi connectivity index (χ2v) is 6.71. The van der Waals surface area contributed by atoms with Crippen LogP contribution in [-0.2, 0) is 4.74 Å². The average molecular weight is 342 g/mol. The average Bonchev–Trinajstić information content (AvgIpc) is 2.65. The van der Waals surface area contributed by atoms with Crippen LogP contribution in [0.2, 0.25) is 0 Å². The number of methoxy groups -OCH3 is 1. The Kier molecular flexibility index (Phi) is 4.77. The van der Waals surface area contributed by atoms with Crippen LogP contribution in [-0.4, -0.2) is 19.3 Å². The Bertz CT molecular complexity index is 492. The normalized spacial score (nSPS) is 31.4. The van der Waals surface area contributed by atoms with E-state index in [4.69, 9.17) is 15.2 Å². The molecule has 0 aromatic heterocycles. The van der Waals surface area contributed by atoms with Crippen LogP contribution >= 0.6 is 15.9 Å². The zero-order valence-electron chi connectivity index (χ0n) is 12.8. The van der Waals surface area contributed by atoms with Gasteiger partial charge in [0.1, 0.15) is 5.75 Å². The molecule has 5 atom stereocenters. The van der Waals surface area contributed by atoms with Gasteiger partial charge in [-0.15, -0.1) is 0 Å². The van der Waals surface area contributed by atoms with Gasteiger partial charge in [0.05, 0.1) is 19.3 Å². The van der Waals surface area contributed by atoms with Gasteiger partial charge in [0.25, 0.3) is 0 Å². The van der Waals surface area contributed by atoms with E-state index in [1.165, 1.54) is 0 Å². The first kappa shape index (κ1) is 15.8. The summed E-state index contributed by atoms with van der Waals surface area (Å²) in [4.78, 5) is 0. The number of nitrogens with two attached hydrogens (primary N) is 1. The van der Waals surface area contributed by atoms with E-state index < -0.39 is 0 Å². The van der Waals surface area contributed by atoms with Crippen molar-refractivity contribution in [3.63, 3.8) is 0 Å². The largest absolute Gasteiger partial charge is 0.496 e. The van der Waals surface area contributed by atoms with Gasteiger partial charge >= 0.3 is 0 Å². The zero-order valence-corrected chi connectivity index (χ0v) is 14.4. The van der Waals surface area contributed by atoms with Gasteiger partial charge in [-0.1, -0.05) is 22.9 Å². The number of hydrogen-bond acceptors (Lipinski definition) is 3. The number of rotatable bonds is 3. The molecule has 0 amide bonds. The fourth-order valence-electron chi connectivity index (χ4n) is 3.23. The highest BCUT2D eigenvalue weighted by Gasteiger charge is 2.41. The first-order chi connectivity index (χ1) is 9.36. The van der Waals surface area contributed by atoms with Crippen LogP contribution in [0.4, 0.5) is 0 Å². The summed E-state index contributed by atoms with van der Waals surface area (Å²) in [6.07, 6.45) is 0.417. The SMILES string of the molecule is COc1cc(C)c(Br)cc1C(N)C1C(C)OC(C)C1C. The molecule has 1 heterocycles. The summed E-state index contributed by atoms with van der Waals surface area (Å²) in [7, 11) is 1.69. The van der Waals surface area contributed by atoms with Crippen LogP contribution in [0.25, 0.3) is 0 Å². The van der Waals surface area contributed by atoms with E-state index in [0.29, 0.717) is 11.8 Å². The first-order valence-corrected chi connectivity index (χ1v) is 7.91. The van der Waals surface area contributed by atoms with Crippen LogP contribution in [0.1, 0.15) is 37.9 Å². The van der Waals surface area contributed by atoms with Crippen LogP contribution < -0.4 is 10.5 Å². The lowest BCUT2D eigenvalue weighted by molar-refractivity contribution is 0.0489. The van der Waals surface area contributed by atoms with Crippen molar-refractivity contribution < 1.29 is 9.47 Å². The quantitative estimate of drug-likeness (QED) is 0.908. The van der Waals surface area contributed by atoms with Crippen molar-refractivity contribution in [1.29, 1.82) is 0 Å². The van der Waals surface area contributed by atoms with Gasteiger partial charge in [0.15, 0.2) is 0 Å². The predicted octanol–water partition coefficient (Wildman–Crippen LogP) is 3.83. The molecule has 0 spiro atoms. The number of hydrogen-bond donors (Lipinski definition) is 1. The fraction of sp³-hybridized carbons (Fsp3) is 0.625. The Balaban J connectivity index is 2.38. The third-order valence-electron chi connectivity index (χ3n) is 4.60. The van der Waals surface area contributed by atoms with E-state index in [0.717, 1.165) is 21.3 Å². The molecule has 20 heavy (non-hydrogen) atoms. The molecule has 0 saturated carbocycles. The van der Waals surface area contributed by atoms with Crippen molar-refractivity contribution >= 4 is 15.9 Å². The Labute approximate surface area is 130 Å². The van der Waals surface area contributed by atoms with E-state index in [-0.39, 0.29) is 18.2 Å². The molecule has 2 N–H and O–H groups in total. The summed E-state index contributed by atoms with van der Waals surface area (Å²) in [5.41, 5.74) is 8.75. The van der Waals surface area contributed by atoms with Gasteiger partial charge in [0.2, 0.25) is 0 Å². The van der Waals surface area contributed by atoms with Crippen molar-refractivity contribution in [1.82, 2.24) is 0 Å². The lowest BCUT2D eigenvalue weighted by atomic mass is 9.80. The minimum atomic E-state index is -0.0863. The van der Waals surface area contributed by atoms with Gasteiger partial charge < -0.3 is 15.2 Å². The van der Waals surface area contributed by atoms with E-state index in [1.54, 1.807) is 7.11 Å². The summed E-state index contributed by atoms with van der Waals surface area (Å²) < 4.78 is 12.5. The van der Waals surface area contributed by atoms with Gasteiger partial charge in [-0.3, -0.25) is 0 Å². The van der Waals surface area contributed by atoms with Crippen molar-refractivity contribution in [2.24, 2.45) is 17.6 Å². The molecule has 1 aliphatic rings. The molecule has 0 radical (unpaired) electrons. The zero-order chi connectivity index (χ0) is 15.0. The number of ether oxygens (including phenoxy) is 2. The van der Waals surface area contributed by atoms with E-state index in [1.807, 2.05) is 13.0 Å². The molecule has 1 aromatic rings. The van der Waals surface area contributed by atoms with Crippen LogP contribution in [0, 0.1) is 18.8 Å². The molecule has 0 aliphatic carbocycles. The second kappa shape index (κ2) is 6.04. The predicted molar refractivity (Wildman–Crippen MR) is 85.0 cm³/mol. The molecule has 1 fully saturated rings. The van der Waals surface area contributed by atoms with Crippen LogP contribution in [0.15, 0.2) is 16.6 Å². The number of benzene rings is 1. The number of halogens is 1. The summed E-state index contributed by atoms with van der Waals surface area (Å²) in [5, 5.41) is 0. The molecule has 1 aromatic carbocycles. The summed E-state index contributed by atoms with van der Waals surface area (Å²) in [6.45, 7) is 8.50. The Morgan fingerprint density at radius 2 is 1.90 bits per heavy atom.